The number of hydrogen-bond donors (Lipinski definition) is 0. The molecule has 0 aromatic rings. The van der Waals surface area contributed by atoms with E-state index in [1.807, 2.05) is 26.8 Å². The second kappa shape index (κ2) is 3.57. The highest BCUT2D eigenvalue weighted by atomic mass is 35.5. The fraction of sp³-hybridized carbons (Fsp3) is 0.778. The zero-order valence-electron chi connectivity index (χ0n) is 7.60. The van der Waals surface area contributed by atoms with Crippen molar-refractivity contribution in [2.45, 2.75) is 38.9 Å². The van der Waals surface area contributed by atoms with Crippen molar-refractivity contribution in [3.8, 4) is 0 Å². The van der Waals surface area contributed by atoms with Crippen LogP contribution in [0, 0.1) is 5.92 Å². The van der Waals surface area contributed by atoms with Crippen molar-refractivity contribution < 1.29 is 4.74 Å². The fourth-order valence-corrected chi connectivity index (χ4v) is 1.44. The summed E-state index contributed by atoms with van der Waals surface area (Å²) in [5, 5.41) is 0. The van der Waals surface area contributed by atoms with Gasteiger partial charge < -0.3 is 4.74 Å². The molecule has 0 aliphatic heterocycles. The first kappa shape index (κ1) is 10.4. The van der Waals surface area contributed by atoms with E-state index >= 15 is 0 Å². The number of rotatable bonds is 2. The minimum absolute atomic E-state index is 0.0634. The van der Waals surface area contributed by atoms with Gasteiger partial charge in [0, 0.05) is 5.92 Å². The molecule has 0 aromatic heterocycles. The van der Waals surface area contributed by atoms with Gasteiger partial charge in [0.2, 0.25) is 0 Å². The smallest absolute Gasteiger partial charge is 0.103 e. The molecule has 0 N–H and O–H groups in total. The van der Waals surface area contributed by atoms with E-state index < -0.39 is 0 Å². The van der Waals surface area contributed by atoms with Gasteiger partial charge in [0.05, 0.1) is 11.7 Å². The normalized spacial score (nSPS) is 28.4. The van der Waals surface area contributed by atoms with Gasteiger partial charge in [-0.3, -0.25) is 0 Å². The van der Waals surface area contributed by atoms with Gasteiger partial charge in [-0.05, 0) is 33.3 Å². The molecule has 1 fully saturated rings. The molecular formula is C9H14Cl2O. The molecule has 1 aliphatic carbocycles. The monoisotopic (exact) mass is 208 g/mol. The van der Waals surface area contributed by atoms with E-state index in [0.29, 0.717) is 16.5 Å². The zero-order chi connectivity index (χ0) is 9.35. The molecule has 0 unspecified atom stereocenters. The maximum atomic E-state index is 5.70. The Morgan fingerprint density at radius 1 is 1.42 bits per heavy atom. The minimum Gasteiger partial charge on any atom is -0.372 e. The number of hydrogen-bond acceptors (Lipinski definition) is 1. The van der Waals surface area contributed by atoms with Crippen LogP contribution in [0.2, 0.25) is 0 Å². The summed E-state index contributed by atoms with van der Waals surface area (Å²) in [4.78, 5) is 0. The van der Waals surface area contributed by atoms with E-state index in [4.69, 9.17) is 27.9 Å². The molecule has 1 aliphatic rings. The van der Waals surface area contributed by atoms with Crippen molar-refractivity contribution in [2.75, 3.05) is 0 Å². The Balaban J connectivity index is 2.30. The Hall–Kier alpha value is 0.280. The van der Waals surface area contributed by atoms with Crippen LogP contribution in [0.15, 0.2) is 10.6 Å². The van der Waals surface area contributed by atoms with E-state index in [2.05, 4.69) is 0 Å². The first-order chi connectivity index (χ1) is 5.38. The molecule has 0 heterocycles. The van der Waals surface area contributed by atoms with Gasteiger partial charge in [0.15, 0.2) is 0 Å². The predicted octanol–water partition coefficient (Wildman–Crippen LogP) is 3.51. The highest BCUT2D eigenvalue weighted by Gasteiger charge is 2.39. The first-order valence-electron chi connectivity index (χ1n) is 4.09. The third-order valence-electron chi connectivity index (χ3n) is 1.62. The molecular weight excluding hydrogens is 195 g/mol. The molecule has 12 heavy (non-hydrogen) atoms. The van der Waals surface area contributed by atoms with Crippen molar-refractivity contribution >= 4 is 23.2 Å². The van der Waals surface area contributed by atoms with Gasteiger partial charge in [-0.1, -0.05) is 23.2 Å². The summed E-state index contributed by atoms with van der Waals surface area (Å²) in [5.74, 6) is 0.425. The molecule has 0 saturated heterocycles. The third kappa shape index (κ3) is 3.79. The molecule has 1 saturated carbocycles. The van der Waals surface area contributed by atoms with Crippen LogP contribution in [0.25, 0.3) is 0 Å². The molecule has 2 atom stereocenters. The van der Waals surface area contributed by atoms with Crippen molar-refractivity contribution in [3.63, 3.8) is 0 Å². The van der Waals surface area contributed by atoms with E-state index in [1.165, 1.54) is 0 Å². The molecule has 0 spiro atoms. The molecule has 70 valence electrons. The number of ether oxygens (including phenoxy) is 1. The summed E-state index contributed by atoms with van der Waals surface area (Å²) in [7, 11) is 0. The average Bonchev–Trinajstić information content (AvgIpc) is 2.40. The van der Waals surface area contributed by atoms with Crippen LogP contribution in [0.4, 0.5) is 0 Å². The van der Waals surface area contributed by atoms with Crippen molar-refractivity contribution in [2.24, 2.45) is 5.92 Å². The van der Waals surface area contributed by atoms with Crippen LogP contribution in [0.5, 0.6) is 0 Å². The van der Waals surface area contributed by atoms with Crippen LogP contribution in [-0.2, 0) is 4.74 Å². The molecule has 3 heteroatoms. The van der Waals surface area contributed by atoms with Crippen LogP contribution < -0.4 is 0 Å². The third-order valence-corrected chi connectivity index (χ3v) is 1.88. The lowest BCUT2D eigenvalue weighted by Crippen LogP contribution is -2.20. The van der Waals surface area contributed by atoms with E-state index in [9.17, 15) is 0 Å². The summed E-state index contributed by atoms with van der Waals surface area (Å²) in [5.41, 5.74) is -0.0634. The number of halogens is 2. The Labute approximate surface area is 83.7 Å². The van der Waals surface area contributed by atoms with Crippen molar-refractivity contribution in [1.29, 1.82) is 0 Å². The molecule has 1 nitrogen and oxygen atoms in total. The maximum Gasteiger partial charge on any atom is 0.103 e. The fourth-order valence-electron chi connectivity index (χ4n) is 1.12. The highest BCUT2D eigenvalue weighted by molar-refractivity contribution is 6.55. The van der Waals surface area contributed by atoms with Gasteiger partial charge in [-0.2, -0.15) is 0 Å². The average molecular weight is 209 g/mol. The summed E-state index contributed by atoms with van der Waals surface area (Å²) in [6.07, 6.45) is 3.21. The van der Waals surface area contributed by atoms with Crippen molar-refractivity contribution in [1.82, 2.24) is 0 Å². The van der Waals surface area contributed by atoms with Gasteiger partial charge in [0.25, 0.3) is 0 Å². The molecule has 0 bridgehead atoms. The Kier molecular flexibility index (Phi) is 3.08. The van der Waals surface area contributed by atoms with Gasteiger partial charge in [-0.25, -0.2) is 0 Å². The second-order valence-electron chi connectivity index (χ2n) is 4.12. The quantitative estimate of drug-likeness (QED) is 0.676. The summed E-state index contributed by atoms with van der Waals surface area (Å²) in [6, 6.07) is 0. The summed E-state index contributed by atoms with van der Waals surface area (Å²) < 4.78 is 6.05. The van der Waals surface area contributed by atoms with Gasteiger partial charge in [-0.15, -0.1) is 0 Å². The lowest BCUT2D eigenvalue weighted by atomic mass is 10.2. The summed E-state index contributed by atoms with van der Waals surface area (Å²) in [6.45, 7) is 6.15. The SMILES string of the molecule is CC(C)(C)O[C@H]1C[C@@H]1C=C(Cl)Cl. The van der Waals surface area contributed by atoms with Crippen LogP contribution in [0.1, 0.15) is 27.2 Å². The molecule has 0 radical (unpaired) electrons. The van der Waals surface area contributed by atoms with E-state index in [1.54, 1.807) is 0 Å². The van der Waals surface area contributed by atoms with Crippen molar-refractivity contribution in [3.05, 3.63) is 10.6 Å². The minimum atomic E-state index is -0.0634. The molecule has 0 aromatic carbocycles. The van der Waals surface area contributed by atoms with Gasteiger partial charge in [0.1, 0.15) is 4.49 Å². The van der Waals surface area contributed by atoms with Crippen LogP contribution in [-0.4, -0.2) is 11.7 Å². The van der Waals surface area contributed by atoms with E-state index in [0.717, 1.165) is 6.42 Å². The standard InChI is InChI=1S/C9H14Cl2O/c1-9(2,3)12-7-4-6(7)5-8(10)11/h5-7H,4H2,1-3H3/t6-,7+/m1/s1. The van der Waals surface area contributed by atoms with Gasteiger partial charge >= 0.3 is 0 Å². The second-order valence-corrected chi connectivity index (χ2v) is 5.13. The Morgan fingerprint density at radius 3 is 2.42 bits per heavy atom. The van der Waals surface area contributed by atoms with Crippen LogP contribution >= 0.6 is 23.2 Å². The highest BCUT2D eigenvalue weighted by Crippen LogP contribution is 2.39. The Morgan fingerprint density at radius 2 is 2.00 bits per heavy atom. The lowest BCUT2D eigenvalue weighted by molar-refractivity contribution is -0.0192. The zero-order valence-corrected chi connectivity index (χ0v) is 9.12. The Bertz CT molecular complexity index is 189. The maximum absolute atomic E-state index is 5.70. The first-order valence-corrected chi connectivity index (χ1v) is 4.85. The largest absolute Gasteiger partial charge is 0.372 e. The lowest BCUT2D eigenvalue weighted by Gasteiger charge is -2.19. The molecule has 1 rings (SSSR count). The van der Waals surface area contributed by atoms with E-state index in [-0.39, 0.29) is 5.60 Å². The van der Waals surface area contributed by atoms with Crippen LogP contribution in [0.3, 0.4) is 0 Å². The predicted molar refractivity (Wildman–Crippen MR) is 52.5 cm³/mol. The topological polar surface area (TPSA) is 9.23 Å². The molecule has 0 amide bonds. The summed E-state index contributed by atoms with van der Waals surface area (Å²) >= 11 is 11.0.